The van der Waals surface area contributed by atoms with Crippen LogP contribution < -0.4 is 15.4 Å². The molecule has 2 amide bonds. The Morgan fingerprint density at radius 3 is 2.59 bits per heavy atom. The molecular weight excluding hydrogens is 420 g/mol. The van der Waals surface area contributed by atoms with Crippen molar-refractivity contribution in [1.82, 2.24) is 20.6 Å². The number of hydrogen-bond donors (Lipinski definition) is 2. The molecule has 0 radical (unpaired) electrons. The summed E-state index contributed by atoms with van der Waals surface area (Å²) in [5.74, 6) is 0.816. The molecule has 4 aromatic rings. The number of benzene rings is 2. The van der Waals surface area contributed by atoms with Crippen LogP contribution >= 0.6 is 11.3 Å². The van der Waals surface area contributed by atoms with Gasteiger partial charge in [0.2, 0.25) is 0 Å². The monoisotopic (exact) mass is 444 g/mol. The Morgan fingerprint density at radius 2 is 1.78 bits per heavy atom. The summed E-state index contributed by atoms with van der Waals surface area (Å²) in [5, 5.41) is 8.45. The number of ether oxygens (including phenoxy) is 1. The van der Waals surface area contributed by atoms with Crippen molar-refractivity contribution in [3.8, 4) is 16.9 Å². The minimum Gasteiger partial charge on any atom is -0.483 e. The molecule has 4 rings (SSSR count). The molecule has 0 fully saturated rings. The standard InChI is InChI=1S/C25H24N4O2S/c1-18(31-23-12-6-5-11-22(23)20-9-3-2-4-10-20)24-29-21(17-32-24)16-28-25(30)27-15-19-8-7-13-26-14-19/h2-14,17-18H,15-16H2,1H3,(H2,27,28,30)/t18-/m0/s1. The molecule has 0 unspecified atom stereocenters. The van der Waals surface area contributed by atoms with Crippen molar-refractivity contribution in [1.29, 1.82) is 0 Å². The summed E-state index contributed by atoms with van der Waals surface area (Å²) in [7, 11) is 0. The van der Waals surface area contributed by atoms with Crippen LogP contribution in [0.4, 0.5) is 4.79 Å². The highest BCUT2D eigenvalue weighted by molar-refractivity contribution is 7.09. The second kappa shape index (κ2) is 10.5. The van der Waals surface area contributed by atoms with Gasteiger partial charge in [-0.05, 0) is 30.2 Å². The maximum atomic E-state index is 12.1. The van der Waals surface area contributed by atoms with Gasteiger partial charge in [-0.3, -0.25) is 4.98 Å². The second-order valence-electron chi connectivity index (χ2n) is 7.20. The molecule has 6 nitrogen and oxygen atoms in total. The molecule has 32 heavy (non-hydrogen) atoms. The maximum absolute atomic E-state index is 12.1. The molecule has 1 atom stereocenters. The van der Waals surface area contributed by atoms with Crippen LogP contribution in [0.3, 0.4) is 0 Å². The highest BCUT2D eigenvalue weighted by atomic mass is 32.1. The van der Waals surface area contributed by atoms with Crippen LogP contribution in [-0.2, 0) is 13.1 Å². The number of urea groups is 1. The van der Waals surface area contributed by atoms with Crippen LogP contribution in [0.1, 0.15) is 29.3 Å². The Balaban J connectivity index is 1.32. The van der Waals surface area contributed by atoms with Gasteiger partial charge >= 0.3 is 6.03 Å². The molecule has 2 N–H and O–H groups in total. The maximum Gasteiger partial charge on any atom is 0.315 e. The fraction of sp³-hybridized carbons (Fsp3) is 0.160. The van der Waals surface area contributed by atoms with Gasteiger partial charge < -0.3 is 15.4 Å². The van der Waals surface area contributed by atoms with Gasteiger partial charge in [-0.2, -0.15) is 0 Å². The van der Waals surface area contributed by atoms with Crippen molar-refractivity contribution < 1.29 is 9.53 Å². The van der Waals surface area contributed by atoms with Gasteiger partial charge in [0.05, 0.1) is 12.2 Å². The van der Waals surface area contributed by atoms with Gasteiger partial charge in [-0.25, -0.2) is 9.78 Å². The number of nitrogens with one attached hydrogen (secondary N) is 2. The predicted octanol–water partition coefficient (Wildman–Crippen LogP) is 5.34. The smallest absolute Gasteiger partial charge is 0.315 e. The third kappa shape index (κ3) is 5.70. The average molecular weight is 445 g/mol. The minimum absolute atomic E-state index is 0.210. The van der Waals surface area contributed by atoms with Crippen molar-refractivity contribution in [2.75, 3.05) is 0 Å². The molecule has 0 saturated carbocycles. The number of para-hydroxylation sites is 1. The fourth-order valence-electron chi connectivity index (χ4n) is 3.18. The highest BCUT2D eigenvalue weighted by Crippen LogP contribution is 2.33. The largest absolute Gasteiger partial charge is 0.483 e. The van der Waals surface area contributed by atoms with Crippen LogP contribution in [0.15, 0.2) is 84.5 Å². The molecule has 0 bridgehead atoms. The number of carbonyl (C=O) groups excluding carboxylic acids is 1. The number of amides is 2. The van der Waals surface area contributed by atoms with Crippen molar-refractivity contribution in [3.63, 3.8) is 0 Å². The first-order valence-electron chi connectivity index (χ1n) is 10.3. The number of pyridine rings is 1. The van der Waals surface area contributed by atoms with E-state index in [4.69, 9.17) is 4.74 Å². The first kappa shape index (κ1) is 21.5. The quantitative estimate of drug-likeness (QED) is 0.384. The SMILES string of the molecule is C[C@H](Oc1ccccc1-c1ccccc1)c1nc(CNC(=O)NCc2cccnc2)cs1. The number of aromatic nitrogens is 2. The predicted molar refractivity (Wildman–Crippen MR) is 126 cm³/mol. The summed E-state index contributed by atoms with van der Waals surface area (Å²) >= 11 is 1.52. The first-order chi connectivity index (χ1) is 15.7. The van der Waals surface area contributed by atoms with Crippen LogP contribution in [0, 0.1) is 0 Å². The summed E-state index contributed by atoms with van der Waals surface area (Å²) in [6, 6.07) is 21.7. The molecule has 0 saturated heterocycles. The zero-order valence-electron chi connectivity index (χ0n) is 17.7. The highest BCUT2D eigenvalue weighted by Gasteiger charge is 2.15. The lowest BCUT2D eigenvalue weighted by molar-refractivity contribution is 0.227. The number of carbonyl (C=O) groups is 1. The molecule has 2 heterocycles. The summed E-state index contributed by atoms with van der Waals surface area (Å²) in [5.41, 5.74) is 3.90. The lowest BCUT2D eigenvalue weighted by Gasteiger charge is -2.16. The molecule has 2 aromatic heterocycles. The molecule has 0 spiro atoms. The molecule has 0 aliphatic rings. The first-order valence-corrected chi connectivity index (χ1v) is 11.2. The topological polar surface area (TPSA) is 76.1 Å². The molecule has 7 heteroatoms. The van der Waals surface area contributed by atoms with Gasteiger partial charge in [-0.1, -0.05) is 54.6 Å². The Labute approximate surface area is 191 Å². The molecule has 0 aliphatic carbocycles. The summed E-state index contributed by atoms with van der Waals surface area (Å²) in [6.45, 7) is 2.76. The van der Waals surface area contributed by atoms with Gasteiger partial charge in [0, 0.05) is 29.9 Å². The van der Waals surface area contributed by atoms with Crippen molar-refractivity contribution in [3.05, 3.63) is 101 Å². The van der Waals surface area contributed by atoms with E-state index in [1.54, 1.807) is 12.4 Å². The molecule has 2 aromatic carbocycles. The van der Waals surface area contributed by atoms with E-state index in [0.29, 0.717) is 13.1 Å². The van der Waals surface area contributed by atoms with Crippen molar-refractivity contribution in [2.24, 2.45) is 0 Å². The van der Waals surface area contributed by atoms with Gasteiger partial charge in [0.15, 0.2) is 0 Å². The Morgan fingerprint density at radius 1 is 1.00 bits per heavy atom. The summed E-state index contributed by atoms with van der Waals surface area (Å²) in [4.78, 5) is 20.7. The van der Waals surface area contributed by atoms with Crippen LogP contribution in [0.2, 0.25) is 0 Å². The zero-order valence-corrected chi connectivity index (χ0v) is 18.5. The number of rotatable bonds is 8. The van der Waals surface area contributed by atoms with Crippen molar-refractivity contribution >= 4 is 17.4 Å². The van der Waals surface area contributed by atoms with Crippen LogP contribution in [0.25, 0.3) is 11.1 Å². The summed E-state index contributed by atoms with van der Waals surface area (Å²) in [6.07, 6.45) is 3.22. The number of hydrogen-bond acceptors (Lipinski definition) is 5. The zero-order chi connectivity index (χ0) is 22.2. The third-order valence-electron chi connectivity index (χ3n) is 4.80. The second-order valence-corrected chi connectivity index (χ2v) is 8.09. The van der Waals surface area contributed by atoms with E-state index in [0.717, 1.165) is 33.1 Å². The Bertz CT molecular complexity index is 1150. The lowest BCUT2D eigenvalue weighted by Crippen LogP contribution is -2.34. The normalized spacial score (nSPS) is 11.5. The van der Waals surface area contributed by atoms with E-state index in [-0.39, 0.29) is 12.1 Å². The van der Waals surface area contributed by atoms with E-state index in [1.807, 2.05) is 60.8 Å². The molecule has 0 aliphatic heterocycles. The fourth-order valence-corrected chi connectivity index (χ4v) is 3.98. The van der Waals surface area contributed by atoms with E-state index in [9.17, 15) is 4.79 Å². The minimum atomic E-state index is -0.246. The van der Waals surface area contributed by atoms with Gasteiger partial charge in [0.25, 0.3) is 0 Å². The van der Waals surface area contributed by atoms with Gasteiger partial charge in [0.1, 0.15) is 16.9 Å². The van der Waals surface area contributed by atoms with Crippen molar-refractivity contribution in [2.45, 2.75) is 26.1 Å². The van der Waals surface area contributed by atoms with E-state index < -0.39 is 0 Å². The molecular formula is C25H24N4O2S. The molecule has 162 valence electrons. The van der Waals surface area contributed by atoms with E-state index in [2.05, 4.69) is 38.8 Å². The Hall–Kier alpha value is -3.71. The average Bonchev–Trinajstić information content (AvgIpc) is 3.32. The van der Waals surface area contributed by atoms with E-state index in [1.165, 1.54) is 11.3 Å². The van der Waals surface area contributed by atoms with E-state index >= 15 is 0 Å². The van der Waals surface area contributed by atoms with Crippen LogP contribution in [0.5, 0.6) is 5.75 Å². The number of nitrogens with zero attached hydrogens (tertiary/aromatic N) is 2. The van der Waals surface area contributed by atoms with Crippen LogP contribution in [-0.4, -0.2) is 16.0 Å². The summed E-state index contributed by atoms with van der Waals surface area (Å²) < 4.78 is 6.25. The third-order valence-corrected chi connectivity index (χ3v) is 5.85. The lowest BCUT2D eigenvalue weighted by atomic mass is 10.0. The van der Waals surface area contributed by atoms with Gasteiger partial charge in [-0.15, -0.1) is 11.3 Å². The number of thiazole rings is 1. The Kier molecular flexibility index (Phi) is 7.09.